The van der Waals surface area contributed by atoms with E-state index in [1.54, 1.807) is 0 Å². The maximum absolute atomic E-state index is 3.77. The summed E-state index contributed by atoms with van der Waals surface area (Å²) in [5, 5.41) is 5.48. The van der Waals surface area contributed by atoms with Gasteiger partial charge in [-0.25, -0.2) is 0 Å². The van der Waals surface area contributed by atoms with Gasteiger partial charge in [0.25, 0.3) is 0 Å². The van der Waals surface area contributed by atoms with Crippen LogP contribution in [0.2, 0.25) is 0 Å². The highest BCUT2D eigenvalue weighted by molar-refractivity contribution is 9.10. The highest BCUT2D eigenvalue weighted by atomic mass is 79.9. The Morgan fingerprint density at radius 3 is 1.32 bits per heavy atom. The Balaban J connectivity index is 1.77. The molecule has 0 aliphatic carbocycles. The predicted molar refractivity (Wildman–Crippen MR) is 174 cm³/mol. The summed E-state index contributed by atoms with van der Waals surface area (Å²) in [5.74, 6) is 1.40. The first-order chi connectivity index (χ1) is 18.5. The average Bonchev–Trinajstić information content (AvgIpc) is 3.38. The van der Waals surface area contributed by atoms with Crippen LogP contribution in [0.3, 0.4) is 0 Å². The fourth-order valence-electron chi connectivity index (χ4n) is 6.38. The van der Waals surface area contributed by atoms with Crippen LogP contribution in [-0.4, -0.2) is 9.13 Å². The average molecular weight is 639 g/mol. The molecule has 2 aromatic heterocycles. The third-order valence-corrected chi connectivity index (χ3v) is 9.73. The molecular weight excluding hydrogens is 596 g/mol. The molecule has 5 rings (SSSR count). The van der Waals surface area contributed by atoms with Crippen molar-refractivity contribution in [2.24, 2.45) is 11.8 Å². The minimum atomic E-state index is 0.701. The summed E-state index contributed by atoms with van der Waals surface area (Å²) < 4.78 is 7.55. The SMILES string of the molecule is CCCCC(CC)Cn1c2ccc(Br)cc2c2cc3c(cc21)c1cc(Br)ccc1n3CC(CC)CCCC. The lowest BCUT2D eigenvalue weighted by Crippen LogP contribution is -2.10. The number of rotatable bonds is 12. The van der Waals surface area contributed by atoms with Gasteiger partial charge in [0.05, 0.1) is 0 Å². The van der Waals surface area contributed by atoms with Crippen molar-refractivity contribution in [2.45, 2.75) is 92.2 Å². The lowest BCUT2D eigenvalue weighted by Gasteiger charge is -2.18. The van der Waals surface area contributed by atoms with Crippen LogP contribution < -0.4 is 0 Å². The van der Waals surface area contributed by atoms with Crippen molar-refractivity contribution >= 4 is 75.5 Å². The molecule has 0 spiro atoms. The van der Waals surface area contributed by atoms with Crippen LogP contribution in [-0.2, 0) is 13.1 Å². The molecule has 0 radical (unpaired) electrons. The van der Waals surface area contributed by atoms with E-state index in [0.717, 1.165) is 22.0 Å². The number of unbranched alkanes of at least 4 members (excludes halogenated alkanes) is 2. The van der Waals surface area contributed by atoms with Gasteiger partial charge < -0.3 is 9.13 Å². The van der Waals surface area contributed by atoms with E-state index < -0.39 is 0 Å². The Kier molecular flexibility index (Phi) is 8.89. The quantitative estimate of drug-likeness (QED) is 0.129. The summed E-state index contributed by atoms with van der Waals surface area (Å²) in [5.41, 5.74) is 5.46. The molecule has 2 atom stereocenters. The first-order valence-corrected chi connectivity index (χ1v) is 16.4. The molecule has 5 aromatic rings. The zero-order valence-electron chi connectivity index (χ0n) is 23.5. The standard InChI is InChI=1S/C34H42Br2N2/c1-5-9-11-23(7-3)21-37-31-15-13-25(35)17-27(31)29-20-34-30(19-33(29)37)28-18-26(36)14-16-32(28)38(34)22-24(8-4)12-10-6-2/h13-20,23-24H,5-12,21-22H2,1-4H3. The molecule has 2 unspecified atom stereocenters. The van der Waals surface area contributed by atoms with Crippen molar-refractivity contribution in [3.05, 3.63) is 57.5 Å². The van der Waals surface area contributed by atoms with Gasteiger partial charge in [0.1, 0.15) is 0 Å². The molecule has 0 aliphatic heterocycles. The van der Waals surface area contributed by atoms with E-state index in [9.17, 15) is 0 Å². The molecule has 4 heteroatoms. The van der Waals surface area contributed by atoms with Gasteiger partial charge in [0.2, 0.25) is 0 Å². The Morgan fingerprint density at radius 2 is 0.947 bits per heavy atom. The molecule has 2 heterocycles. The van der Waals surface area contributed by atoms with E-state index in [4.69, 9.17) is 0 Å². The first-order valence-electron chi connectivity index (χ1n) is 14.8. The van der Waals surface area contributed by atoms with Crippen LogP contribution in [0.5, 0.6) is 0 Å². The van der Waals surface area contributed by atoms with E-state index in [0.29, 0.717) is 11.8 Å². The third-order valence-electron chi connectivity index (χ3n) is 8.74. The predicted octanol–water partition coefficient (Wildman–Crippen LogP) is 11.9. The van der Waals surface area contributed by atoms with Gasteiger partial charge in [-0.2, -0.15) is 0 Å². The van der Waals surface area contributed by atoms with E-state index in [1.165, 1.54) is 95.0 Å². The van der Waals surface area contributed by atoms with Crippen LogP contribution in [0.15, 0.2) is 57.5 Å². The first kappa shape index (κ1) is 27.8. The summed E-state index contributed by atoms with van der Waals surface area (Å²) in [7, 11) is 0. The molecule has 0 saturated heterocycles. The molecule has 0 saturated carbocycles. The number of halogens is 2. The van der Waals surface area contributed by atoms with Crippen molar-refractivity contribution < 1.29 is 0 Å². The third kappa shape index (κ3) is 5.32. The maximum Gasteiger partial charge on any atom is 0.0499 e. The van der Waals surface area contributed by atoms with Crippen molar-refractivity contribution in [3.8, 4) is 0 Å². The topological polar surface area (TPSA) is 9.86 Å². The van der Waals surface area contributed by atoms with E-state index in [2.05, 4.69) is 117 Å². The molecule has 38 heavy (non-hydrogen) atoms. The molecule has 0 amide bonds. The lowest BCUT2D eigenvalue weighted by molar-refractivity contribution is 0.400. The minimum Gasteiger partial charge on any atom is -0.340 e. The molecule has 0 bridgehead atoms. The molecule has 0 N–H and O–H groups in total. The fourth-order valence-corrected chi connectivity index (χ4v) is 7.10. The summed E-state index contributed by atoms with van der Waals surface area (Å²) in [4.78, 5) is 0. The van der Waals surface area contributed by atoms with Gasteiger partial charge in [-0.3, -0.25) is 0 Å². The number of hydrogen-bond donors (Lipinski definition) is 0. The van der Waals surface area contributed by atoms with Crippen LogP contribution >= 0.6 is 31.9 Å². The minimum absolute atomic E-state index is 0.701. The highest BCUT2D eigenvalue weighted by Crippen LogP contribution is 2.39. The van der Waals surface area contributed by atoms with Crippen molar-refractivity contribution in [1.29, 1.82) is 0 Å². The Hall–Kier alpha value is -1.78. The largest absolute Gasteiger partial charge is 0.340 e. The fraction of sp³-hybridized carbons (Fsp3) is 0.471. The van der Waals surface area contributed by atoms with Gasteiger partial charge in [-0.1, -0.05) is 98.1 Å². The van der Waals surface area contributed by atoms with Gasteiger partial charge in [0.15, 0.2) is 0 Å². The van der Waals surface area contributed by atoms with Crippen LogP contribution in [0, 0.1) is 11.8 Å². The van der Waals surface area contributed by atoms with Crippen molar-refractivity contribution in [2.75, 3.05) is 0 Å². The monoisotopic (exact) mass is 636 g/mol. The lowest BCUT2D eigenvalue weighted by atomic mass is 9.99. The zero-order valence-corrected chi connectivity index (χ0v) is 26.7. The highest BCUT2D eigenvalue weighted by Gasteiger charge is 2.20. The normalized spacial score (nSPS) is 13.8. The van der Waals surface area contributed by atoms with E-state index in [-0.39, 0.29) is 0 Å². The summed E-state index contributed by atoms with van der Waals surface area (Å²) in [6.07, 6.45) is 10.2. The Bertz CT molecular complexity index is 1440. The summed E-state index contributed by atoms with van der Waals surface area (Å²) in [6, 6.07) is 18.7. The second-order valence-electron chi connectivity index (χ2n) is 11.3. The number of hydrogen-bond acceptors (Lipinski definition) is 0. The second-order valence-corrected chi connectivity index (χ2v) is 13.1. The van der Waals surface area contributed by atoms with Gasteiger partial charge in [0, 0.05) is 65.6 Å². The zero-order chi connectivity index (χ0) is 26.8. The van der Waals surface area contributed by atoms with Crippen LogP contribution in [0.4, 0.5) is 0 Å². The van der Waals surface area contributed by atoms with Crippen LogP contribution in [0.25, 0.3) is 43.6 Å². The molecule has 202 valence electrons. The summed E-state index contributed by atoms with van der Waals surface area (Å²) >= 11 is 7.55. The number of benzene rings is 3. The molecule has 0 aliphatic rings. The Labute approximate surface area is 245 Å². The van der Waals surface area contributed by atoms with Gasteiger partial charge in [-0.15, -0.1) is 0 Å². The molecule has 0 fully saturated rings. The molecule has 3 aromatic carbocycles. The molecule has 2 nitrogen and oxygen atoms in total. The van der Waals surface area contributed by atoms with Gasteiger partial charge >= 0.3 is 0 Å². The number of fused-ring (bicyclic) bond motifs is 6. The number of nitrogens with zero attached hydrogens (tertiary/aromatic N) is 2. The van der Waals surface area contributed by atoms with E-state index in [1.807, 2.05) is 0 Å². The maximum atomic E-state index is 3.77. The van der Waals surface area contributed by atoms with Crippen molar-refractivity contribution in [3.63, 3.8) is 0 Å². The van der Waals surface area contributed by atoms with Crippen molar-refractivity contribution in [1.82, 2.24) is 9.13 Å². The second kappa shape index (κ2) is 12.2. The number of aromatic nitrogens is 2. The Morgan fingerprint density at radius 1 is 0.553 bits per heavy atom. The van der Waals surface area contributed by atoms with E-state index >= 15 is 0 Å². The van der Waals surface area contributed by atoms with Gasteiger partial charge in [-0.05, 0) is 73.2 Å². The smallest absolute Gasteiger partial charge is 0.0499 e. The molecular formula is C34H42Br2N2. The summed E-state index contributed by atoms with van der Waals surface area (Å²) in [6.45, 7) is 11.5. The van der Waals surface area contributed by atoms with Crippen LogP contribution in [0.1, 0.15) is 79.1 Å².